The molecule has 6 nitrogen and oxygen atoms in total. The van der Waals surface area contributed by atoms with Crippen LogP contribution in [0.3, 0.4) is 0 Å². The Morgan fingerprint density at radius 1 is 0.429 bits per heavy atom. The topological polar surface area (TPSA) is 110 Å². The van der Waals surface area contributed by atoms with Gasteiger partial charge in [0.25, 0.3) is 0 Å². The summed E-state index contributed by atoms with van der Waals surface area (Å²) in [5, 5.41) is 43.9. The van der Waals surface area contributed by atoms with Crippen molar-refractivity contribution in [2.75, 3.05) is 6.61 Å². The van der Waals surface area contributed by atoms with Crippen LogP contribution < -0.4 is 5.32 Å². The fourth-order valence-corrected chi connectivity index (χ4v) is 8.21. The molecule has 5 N–H and O–H groups in total. The highest BCUT2D eigenvalue weighted by Gasteiger charge is 2.28. The van der Waals surface area contributed by atoms with E-state index in [1.54, 1.807) is 0 Å². The minimum absolute atomic E-state index is 0.375. The standard InChI is InChI=1S/C50H101NO5/c1-4-6-7-8-9-10-11-12-13-14-15-16-17-18-19-20-25-28-31-34-37-40-43-48(54)50(56)51-46(44-52)49(55)47(53)42-39-36-33-30-27-24-22-21-23-26-29-32-35-38-41-45(3)5-2/h45-49,52-55H,4-44H2,1-3H3,(H,51,56)/t45-,46+,47-,48-,49+/m1/s1. The molecule has 0 rings (SSSR count). The van der Waals surface area contributed by atoms with Gasteiger partial charge in [0, 0.05) is 0 Å². The highest BCUT2D eigenvalue weighted by Crippen LogP contribution is 2.19. The molecule has 0 saturated carbocycles. The minimum atomic E-state index is -1.25. The molecular formula is C50H101NO5. The smallest absolute Gasteiger partial charge is 0.249 e. The molecule has 0 saturated heterocycles. The summed E-state index contributed by atoms with van der Waals surface area (Å²) in [6.07, 6.45) is 47.1. The van der Waals surface area contributed by atoms with Crippen LogP contribution in [0, 0.1) is 5.92 Å². The number of unbranched alkanes of at least 4 members (excludes halogenated alkanes) is 34. The zero-order valence-electron chi connectivity index (χ0n) is 38.1. The van der Waals surface area contributed by atoms with Crippen molar-refractivity contribution < 1.29 is 25.2 Å². The van der Waals surface area contributed by atoms with Gasteiger partial charge in [-0.3, -0.25) is 4.79 Å². The summed E-state index contributed by atoms with van der Waals surface area (Å²) in [4.78, 5) is 12.6. The molecule has 0 unspecified atom stereocenters. The van der Waals surface area contributed by atoms with Crippen molar-refractivity contribution in [1.29, 1.82) is 0 Å². The van der Waals surface area contributed by atoms with Crippen molar-refractivity contribution >= 4 is 5.91 Å². The van der Waals surface area contributed by atoms with Crippen LogP contribution in [0.5, 0.6) is 0 Å². The van der Waals surface area contributed by atoms with Gasteiger partial charge in [0.15, 0.2) is 0 Å². The largest absolute Gasteiger partial charge is 0.394 e. The van der Waals surface area contributed by atoms with E-state index in [4.69, 9.17) is 0 Å². The van der Waals surface area contributed by atoms with Gasteiger partial charge in [-0.15, -0.1) is 0 Å². The summed E-state index contributed by atoms with van der Waals surface area (Å²) in [7, 11) is 0. The Balaban J connectivity index is 3.64. The third kappa shape index (κ3) is 37.6. The van der Waals surface area contributed by atoms with E-state index in [0.29, 0.717) is 12.8 Å². The van der Waals surface area contributed by atoms with E-state index in [1.165, 1.54) is 205 Å². The summed E-state index contributed by atoms with van der Waals surface area (Å²) in [5.74, 6) is 0.315. The van der Waals surface area contributed by atoms with E-state index in [9.17, 15) is 25.2 Å². The second-order valence-electron chi connectivity index (χ2n) is 18.1. The van der Waals surface area contributed by atoms with Crippen LogP contribution in [0.4, 0.5) is 0 Å². The van der Waals surface area contributed by atoms with Crippen LogP contribution in [0.25, 0.3) is 0 Å². The first-order chi connectivity index (χ1) is 27.4. The molecule has 6 heteroatoms. The summed E-state index contributed by atoms with van der Waals surface area (Å²) in [5.41, 5.74) is 0. The summed E-state index contributed by atoms with van der Waals surface area (Å²) in [6, 6.07) is -0.980. The lowest BCUT2D eigenvalue weighted by atomic mass is 9.98. The molecule has 0 aromatic carbocycles. The lowest BCUT2D eigenvalue weighted by molar-refractivity contribution is -0.132. The molecule has 0 aromatic rings. The first kappa shape index (κ1) is 55.3. The molecule has 0 heterocycles. The Kier molecular flexibility index (Phi) is 43.3. The number of aliphatic hydroxyl groups excluding tert-OH is 4. The number of amides is 1. The highest BCUT2D eigenvalue weighted by atomic mass is 16.3. The Morgan fingerprint density at radius 2 is 0.714 bits per heavy atom. The van der Waals surface area contributed by atoms with Gasteiger partial charge in [-0.1, -0.05) is 265 Å². The quantitative estimate of drug-likeness (QED) is 0.0394. The van der Waals surface area contributed by atoms with E-state index in [0.717, 1.165) is 44.4 Å². The Morgan fingerprint density at radius 3 is 1.02 bits per heavy atom. The van der Waals surface area contributed by atoms with Crippen molar-refractivity contribution in [3.63, 3.8) is 0 Å². The van der Waals surface area contributed by atoms with Crippen molar-refractivity contribution in [1.82, 2.24) is 5.32 Å². The van der Waals surface area contributed by atoms with E-state index >= 15 is 0 Å². The Labute approximate surface area is 350 Å². The normalized spacial score (nSPS) is 14.5. The lowest BCUT2D eigenvalue weighted by Crippen LogP contribution is -2.53. The molecule has 0 spiro atoms. The summed E-state index contributed by atoms with van der Waals surface area (Å²) >= 11 is 0. The number of hydrogen-bond donors (Lipinski definition) is 5. The average Bonchev–Trinajstić information content (AvgIpc) is 3.20. The van der Waals surface area contributed by atoms with Gasteiger partial charge >= 0.3 is 0 Å². The van der Waals surface area contributed by atoms with Crippen molar-refractivity contribution in [3.8, 4) is 0 Å². The van der Waals surface area contributed by atoms with Gasteiger partial charge in [0.2, 0.25) is 5.91 Å². The molecule has 0 aliphatic carbocycles. The van der Waals surface area contributed by atoms with Crippen LogP contribution in [-0.4, -0.2) is 57.3 Å². The van der Waals surface area contributed by atoms with Gasteiger partial charge in [0.1, 0.15) is 12.2 Å². The van der Waals surface area contributed by atoms with Crippen molar-refractivity contribution in [2.45, 2.75) is 302 Å². The van der Waals surface area contributed by atoms with E-state index < -0.39 is 36.9 Å². The van der Waals surface area contributed by atoms with Crippen LogP contribution >= 0.6 is 0 Å². The number of carbonyl (C=O) groups is 1. The molecule has 0 bridgehead atoms. The van der Waals surface area contributed by atoms with Gasteiger partial charge < -0.3 is 25.7 Å². The maximum Gasteiger partial charge on any atom is 0.249 e. The number of hydrogen-bond acceptors (Lipinski definition) is 5. The zero-order chi connectivity index (χ0) is 41.2. The molecule has 336 valence electrons. The number of nitrogens with one attached hydrogen (secondary N) is 1. The monoisotopic (exact) mass is 796 g/mol. The Hall–Kier alpha value is -0.690. The number of rotatable bonds is 46. The maximum absolute atomic E-state index is 12.6. The summed E-state index contributed by atoms with van der Waals surface area (Å²) in [6.45, 7) is 6.47. The molecule has 0 aliphatic rings. The molecular weight excluding hydrogens is 695 g/mol. The zero-order valence-corrected chi connectivity index (χ0v) is 38.1. The average molecular weight is 796 g/mol. The van der Waals surface area contributed by atoms with Crippen molar-refractivity contribution in [3.05, 3.63) is 0 Å². The molecule has 0 fully saturated rings. The first-order valence-electron chi connectivity index (χ1n) is 25.3. The fourth-order valence-electron chi connectivity index (χ4n) is 8.21. The molecule has 0 aliphatic heterocycles. The number of aliphatic hydroxyl groups is 4. The molecule has 56 heavy (non-hydrogen) atoms. The van der Waals surface area contributed by atoms with Crippen LogP contribution in [0.2, 0.25) is 0 Å². The lowest BCUT2D eigenvalue weighted by Gasteiger charge is -2.27. The SMILES string of the molecule is CCCCCCCCCCCCCCCCCCCCCCCC[C@@H](O)C(=O)N[C@@H](CO)[C@H](O)[C@H](O)CCCCCCCCCCCCCCCC[C@H](C)CC. The minimum Gasteiger partial charge on any atom is -0.394 e. The van der Waals surface area contributed by atoms with Crippen LogP contribution in [0.15, 0.2) is 0 Å². The van der Waals surface area contributed by atoms with Gasteiger partial charge in [-0.25, -0.2) is 0 Å². The van der Waals surface area contributed by atoms with E-state index in [2.05, 4.69) is 26.1 Å². The van der Waals surface area contributed by atoms with E-state index in [1.807, 2.05) is 0 Å². The van der Waals surface area contributed by atoms with Crippen molar-refractivity contribution in [2.24, 2.45) is 5.92 Å². The predicted octanol–water partition coefficient (Wildman–Crippen LogP) is 13.8. The second kappa shape index (κ2) is 43.9. The number of carbonyl (C=O) groups excluding carboxylic acids is 1. The third-order valence-electron chi connectivity index (χ3n) is 12.6. The molecule has 1 amide bonds. The van der Waals surface area contributed by atoms with Crippen LogP contribution in [0.1, 0.15) is 278 Å². The van der Waals surface area contributed by atoms with Gasteiger partial charge in [-0.2, -0.15) is 0 Å². The molecule has 0 aromatic heterocycles. The van der Waals surface area contributed by atoms with Crippen LogP contribution in [-0.2, 0) is 4.79 Å². The predicted molar refractivity (Wildman–Crippen MR) is 242 cm³/mol. The molecule has 0 radical (unpaired) electrons. The molecule has 5 atom stereocenters. The first-order valence-corrected chi connectivity index (χ1v) is 25.3. The third-order valence-corrected chi connectivity index (χ3v) is 12.6. The van der Waals surface area contributed by atoms with Gasteiger partial charge in [0.05, 0.1) is 18.8 Å². The summed E-state index contributed by atoms with van der Waals surface area (Å²) < 4.78 is 0. The van der Waals surface area contributed by atoms with Gasteiger partial charge in [-0.05, 0) is 18.8 Å². The van der Waals surface area contributed by atoms with E-state index in [-0.39, 0.29) is 0 Å². The highest BCUT2D eigenvalue weighted by molar-refractivity contribution is 5.80. The maximum atomic E-state index is 12.6. The second-order valence-corrected chi connectivity index (χ2v) is 18.1. The fraction of sp³-hybridized carbons (Fsp3) is 0.980. The Bertz CT molecular complexity index is 781.